The van der Waals surface area contributed by atoms with E-state index in [1.54, 1.807) is 24.4 Å². The molecule has 0 saturated heterocycles. The number of hydrogen-bond acceptors (Lipinski definition) is 3. The van der Waals surface area contributed by atoms with E-state index in [2.05, 4.69) is 47.0 Å². The topological polar surface area (TPSA) is 34.2 Å². The fraction of sp³-hybridized carbons (Fsp3) is 0.312. The maximum Gasteiger partial charge on any atom is 0.219 e. The molecule has 0 aliphatic heterocycles. The third-order valence-electron chi connectivity index (χ3n) is 2.73. The summed E-state index contributed by atoms with van der Waals surface area (Å²) in [5, 5.41) is 3.38. The Labute approximate surface area is 132 Å². The average molecular weight is 353 g/mol. The van der Waals surface area contributed by atoms with Crippen molar-refractivity contribution < 1.29 is 9.13 Å². The molecule has 0 aliphatic carbocycles. The van der Waals surface area contributed by atoms with Crippen LogP contribution in [-0.4, -0.2) is 10.5 Å². The van der Waals surface area contributed by atoms with E-state index in [0.717, 1.165) is 10.0 Å². The Morgan fingerprint density at radius 3 is 2.71 bits per heavy atom. The lowest BCUT2D eigenvalue weighted by Gasteiger charge is -2.20. The summed E-state index contributed by atoms with van der Waals surface area (Å²) in [6.45, 7) is 7.00. The molecule has 1 aromatic carbocycles. The van der Waals surface area contributed by atoms with Gasteiger partial charge in [0.15, 0.2) is 11.6 Å². The van der Waals surface area contributed by atoms with Crippen molar-refractivity contribution in [1.82, 2.24) is 10.3 Å². The Kier molecular flexibility index (Phi) is 4.96. The summed E-state index contributed by atoms with van der Waals surface area (Å²) in [5.41, 5.74) is 1.06. The molecule has 21 heavy (non-hydrogen) atoms. The number of pyridine rings is 1. The van der Waals surface area contributed by atoms with Crippen molar-refractivity contribution in [3.8, 4) is 11.6 Å². The number of ether oxygens (including phenoxy) is 1. The van der Waals surface area contributed by atoms with Crippen molar-refractivity contribution in [1.29, 1.82) is 0 Å². The van der Waals surface area contributed by atoms with Gasteiger partial charge in [-0.05, 0) is 50.6 Å². The molecular weight excluding hydrogens is 335 g/mol. The highest BCUT2D eigenvalue weighted by atomic mass is 79.9. The van der Waals surface area contributed by atoms with Crippen LogP contribution < -0.4 is 10.1 Å². The van der Waals surface area contributed by atoms with Gasteiger partial charge < -0.3 is 10.1 Å². The monoisotopic (exact) mass is 352 g/mol. The highest BCUT2D eigenvalue weighted by molar-refractivity contribution is 9.10. The Hall–Kier alpha value is -1.46. The van der Waals surface area contributed by atoms with E-state index in [1.807, 2.05) is 6.07 Å². The Morgan fingerprint density at radius 1 is 1.24 bits per heavy atom. The van der Waals surface area contributed by atoms with Crippen LogP contribution in [0.5, 0.6) is 11.6 Å². The van der Waals surface area contributed by atoms with E-state index in [9.17, 15) is 4.39 Å². The summed E-state index contributed by atoms with van der Waals surface area (Å²) in [6, 6.07) is 8.27. The first-order valence-electron chi connectivity index (χ1n) is 6.66. The average Bonchev–Trinajstić information content (AvgIpc) is 2.40. The molecule has 0 unspecified atom stereocenters. The number of rotatable bonds is 4. The lowest BCUT2D eigenvalue weighted by atomic mass is 10.1. The zero-order valence-corrected chi connectivity index (χ0v) is 13.9. The molecule has 5 heteroatoms. The Morgan fingerprint density at radius 2 is 2.00 bits per heavy atom. The van der Waals surface area contributed by atoms with Gasteiger partial charge >= 0.3 is 0 Å². The van der Waals surface area contributed by atoms with Gasteiger partial charge in [0.1, 0.15) is 0 Å². The molecule has 1 aromatic heterocycles. The van der Waals surface area contributed by atoms with Gasteiger partial charge in [-0.25, -0.2) is 9.37 Å². The number of aromatic nitrogens is 1. The quantitative estimate of drug-likeness (QED) is 0.868. The fourth-order valence-corrected chi connectivity index (χ4v) is 1.99. The standard InChI is InChI=1S/C16H18BrFN2O/c1-16(2,3)20-10-11-6-7-19-15(8-11)21-14-9-12(17)4-5-13(14)18/h4-9,20H,10H2,1-3H3. The molecule has 1 heterocycles. The van der Waals surface area contributed by atoms with Gasteiger partial charge in [0.25, 0.3) is 0 Å². The predicted octanol–water partition coefficient (Wildman–Crippen LogP) is 4.66. The van der Waals surface area contributed by atoms with E-state index in [0.29, 0.717) is 12.4 Å². The SMILES string of the molecule is CC(C)(C)NCc1ccnc(Oc2cc(Br)ccc2F)c1. The van der Waals surface area contributed by atoms with Crippen LogP contribution in [0.15, 0.2) is 41.0 Å². The largest absolute Gasteiger partial charge is 0.436 e. The second-order valence-electron chi connectivity index (χ2n) is 5.78. The Bertz CT molecular complexity index is 626. The lowest BCUT2D eigenvalue weighted by Crippen LogP contribution is -2.35. The molecule has 0 radical (unpaired) electrons. The van der Waals surface area contributed by atoms with Gasteiger partial charge in [-0.1, -0.05) is 15.9 Å². The summed E-state index contributed by atoms with van der Waals surface area (Å²) in [5.74, 6) is 0.108. The molecular formula is C16H18BrFN2O. The van der Waals surface area contributed by atoms with Crippen LogP contribution >= 0.6 is 15.9 Å². The molecule has 0 spiro atoms. The van der Waals surface area contributed by atoms with Crippen LogP contribution in [0, 0.1) is 5.82 Å². The van der Waals surface area contributed by atoms with Crippen LogP contribution in [0.25, 0.3) is 0 Å². The van der Waals surface area contributed by atoms with Crippen molar-refractivity contribution in [2.75, 3.05) is 0 Å². The van der Waals surface area contributed by atoms with E-state index >= 15 is 0 Å². The minimum atomic E-state index is -0.418. The molecule has 0 amide bonds. The minimum Gasteiger partial charge on any atom is -0.436 e. The molecule has 0 fully saturated rings. The van der Waals surface area contributed by atoms with E-state index in [-0.39, 0.29) is 11.3 Å². The van der Waals surface area contributed by atoms with Gasteiger partial charge in [0, 0.05) is 28.8 Å². The van der Waals surface area contributed by atoms with Crippen LogP contribution in [0.1, 0.15) is 26.3 Å². The van der Waals surface area contributed by atoms with Gasteiger partial charge in [-0.3, -0.25) is 0 Å². The number of hydrogen-bond donors (Lipinski definition) is 1. The second-order valence-corrected chi connectivity index (χ2v) is 6.70. The first kappa shape index (κ1) is 15.9. The first-order valence-corrected chi connectivity index (χ1v) is 7.46. The van der Waals surface area contributed by atoms with Crippen LogP contribution in [0.2, 0.25) is 0 Å². The van der Waals surface area contributed by atoms with E-state index < -0.39 is 5.82 Å². The number of benzene rings is 1. The van der Waals surface area contributed by atoms with Gasteiger partial charge in [-0.15, -0.1) is 0 Å². The first-order chi connectivity index (χ1) is 9.83. The highest BCUT2D eigenvalue weighted by Crippen LogP contribution is 2.26. The zero-order chi connectivity index (χ0) is 15.5. The van der Waals surface area contributed by atoms with Crippen LogP contribution in [-0.2, 0) is 6.54 Å². The third-order valence-corrected chi connectivity index (χ3v) is 3.22. The maximum atomic E-state index is 13.7. The second kappa shape index (κ2) is 6.54. The molecule has 0 aliphatic rings. The van der Waals surface area contributed by atoms with Crippen molar-refractivity contribution in [3.05, 3.63) is 52.4 Å². The summed E-state index contributed by atoms with van der Waals surface area (Å²) in [7, 11) is 0. The van der Waals surface area contributed by atoms with Crippen LogP contribution in [0.3, 0.4) is 0 Å². The smallest absolute Gasteiger partial charge is 0.219 e. The summed E-state index contributed by atoms with van der Waals surface area (Å²) in [4.78, 5) is 4.12. The van der Waals surface area contributed by atoms with E-state index in [4.69, 9.17) is 4.74 Å². The molecule has 112 valence electrons. The molecule has 3 nitrogen and oxygen atoms in total. The molecule has 0 saturated carbocycles. The summed E-state index contributed by atoms with van der Waals surface area (Å²) >= 11 is 3.29. The fourth-order valence-electron chi connectivity index (χ4n) is 1.65. The summed E-state index contributed by atoms with van der Waals surface area (Å²) < 4.78 is 19.9. The third kappa shape index (κ3) is 5.10. The molecule has 2 rings (SSSR count). The van der Waals surface area contributed by atoms with Crippen molar-refractivity contribution in [2.45, 2.75) is 32.9 Å². The Balaban J connectivity index is 2.12. The molecule has 2 aromatic rings. The van der Waals surface area contributed by atoms with Crippen molar-refractivity contribution in [3.63, 3.8) is 0 Å². The van der Waals surface area contributed by atoms with Gasteiger partial charge in [0.05, 0.1) is 0 Å². The predicted molar refractivity (Wildman–Crippen MR) is 85.0 cm³/mol. The van der Waals surface area contributed by atoms with E-state index in [1.165, 1.54) is 6.07 Å². The molecule has 0 bridgehead atoms. The molecule has 1 N–H and O–H groups in total. The zero-order valence-electron chi connectivity index (χ0n) is 12.3. The van der Waals surface area contributed by atoms with Crippen molar-refractivity contribution >= 4 is 15.9 Å². The lowest BCUT2D eigenvalue weighted by molar-refractivity contribution is 0.416. The van der Waals surface area contributed by atoms with Crippen molar-refractivity contribution in [2.24, 2.45) is 0 Å². The van der Waals surface area contributed by atoms with Crippen LogP contribution in [0.4, 0.5) is 4.39 Å². The minimum absolute atomic E-state index is 0.0285. The number of nitrogens with one attached hydrogen (secondary N) is 1. The highest BCUT2D eigenvalue weighted by Gasteiger charge is 2.10. The maximum absolute atomic E-state index is 13.7. The number of halogens is 2. The normalized spacial score (nSPS) is 11.5. The summed E-state index contributed by atoms with van der Waals surface area (Å²) in [6.07, 6.45) is 1.66. The molecule has 0 atom stereocenters. The van der Waals surface area contributed by atoms with Gasteiger partial charge in [-0.2, -0.15) is 0 Å². The van der Waals surface area contributed by atoms with Gasteiger partial charge in [0.2, 0.25) is 5.88 Å². The number of nitrogens with zero attached hydrogens (tertiary/aromatic N) is 1.